The van der Waals surface area contributed by atoms with E-state index in [-0.39, 0.29) is 49.2 Å². The second kappa shape index (κ2) is 9.99. The molecule has 0 aromatic heterocycles. The summed E-state index contributed by atoms with van der Waals surface area (Å²) in [6.07, 6.45) is 3.39. The Morgan fingerprint density at radius 2 is 1.73 bits per heavy atom. The van der Waals surface area contributed by atoms with E-state index in [9.17, 15) is 27.6 Å². The third-order valence-electron chi connectivity index (χ3n) is 10.5. The van der Waals surface area contributed by atoms with Gasteiger partial charge >= 0.3 is 6.18 Å². The van der Waals surface area contributed by atoms with Crippen LogP contribution in [0, 0.1) is 16.7 Å². The Morgan fingerprint density at radius 3 is 2.34 bits per heavy atom. The molecule has 3 aliphatic carbocycles. The van der Waals surface area contributed by atoms with Gasteiger partial charge in [0, 0.05) is 47.9 Å². The van der Waals surface area contributed by atoms with Gasteiger partial charge in [0.2, 0.25) is 11.8 Å². The quantitative estimate of drug-likeness (QED) is 0.367. The molecule has 3 saturated carbocycles. The largest absolute Gasteiger partial charge is 0.395 e. The fourth-order valence-corrected chi connectivity index (χ4v) is 7.99. The molecular formula is C31H41F3N4O3. The topological polar surface area (TPSA) is 90.5 Å². The van der Waals surface area contributed by atoms with Gasteiger partial charge in [-0.3, -0.25) is 19.7 Å². The third-order valence-corrected chi connectivity index (χ3v) is 10.5. The Kier molecular flexibility index (Phi) is 6.94. The average Bonchev–Trinajstić information content (AvgIpc) is 3.61. The van der Waals surface area contributed by atoms with Crippen LogP contribution in [-0.2, 0) is 16.1 Å². The molecule has 1 atom stereocenters. The molecule has 10 heteroatoms. The summed E-state index contributed by atoms with van der Waals surface area (Å²) in [5.74, 6) is -0.347. The van der Waals surface area contributed by atoms with Crippen LogP contribution in [0.4, 0.5) is 18.9 Å². The monoisotopic (exact) mass is 574 g/mol. The lowest BCUT2D eigenvalue weighted by Crippen LogP contribution is -2.52. The van der Waals surface area contributed by atoms with E-state index in [1.54, 1.807) is 11.0 Å². The summed E-state index contributed by atoms with van der Waals surface area (Å²) >= 11 is 0. The van der Waals surface area contributed by atoms with Crippen molar-refractivity contribution in [1.29, 1.82) is 0 Å². The summed E-state index contributed by atoms with van der Waals surface area (Å²) in [4.78, 5) is 39.2. The lowest BCUT2D eigenvalue weighted by Gasteiger charge is -2.50. The summed E-state index contributed by atoms with van der Waals surface area (Å²) < 4.78 is 40.4. The predicted octanol–water partition coefficient (Wildman–Crippen LogP) is 5.30. The maximum absolute atomic E-state index is 13.5. The van der Waals surface area contributed by atoms with Crippen molar-refractivity contribution in [2.75, 3.05) is 11.9 Å². The fraction of sp³-hybridized carbons (Fsp3) is 0.710. The number of amides is 3. The smallest absolute Gasteiger partial charge is 0.379 e. The Bertz CT molecular complexity index is 1230. The number of alkyl halides is 3. The number of halogens is 3. The number of nitrogens with one attached hydrogen (secondary N) is 3. The number of carbonyl (C=O) groups is 3. The first-order chi connectivity index (χ1) is 19.3. The van der Waals surface area contributed by atoms with Gasteiger partial charge in [-0.2, -0.15) is 13.2 Å². The second-order valence-electron chi connectivity index (χ2n) is 14.2. The van der Waals surface area contributed by atoms with Crippen molar-refractivity contribution in [3.8, 4) is 0 Å². The minimum absolute atomic E-state index is 0.00287. The van der Waals surface area contributed by atoms with Crippen molar-refractivity contribution in [3.05, 3.63) is 29.3 Å². The molecule has 1 aromatic carbocycles. The number of carbonyl (C=O) groups excluding carboxylic acids is 3. The number of hydrogen-bond acceptors (Lipinski definition) is 5. The molecule has 0 bridgehead atoms. The van der Waals surface area contributed by atoms with Crippen LogP contribution < -0.4 is 16.0 Å². The van der Waals surface area contributed by atoms with Crippen LogP contribution in [0.3, 0.4) is 0 Å². The highest BCUT2D eigenvalue weighted by molar-refractivity contribution is 6.06. The van der Waals surface area contributed by atoms with Gasteiger partial charge in [-0.15, -0.1) is 0 Å². The number of piperidine rings is 1. The Morgan fingerprint density at radius 1 is 1.02 bits per heavy atom. The predicted molar refractivity (Wildman–Crippen MR) is 148 cm³/mol. The maximum Gasteiger partial charge on any atom is 0.395 e. The van der Waals surface area contributed by atoms with Gasteiger partial charge in [0.15, 0.2) is 0 Å². The van der Waals surface area contributed by atoms with Crippen molar-refractivity contribution in [2.45, 2.75) is 115 Å². The zero-order chi connectivity index (χ0) is 29.2. The van der Waals surface area contributed by atoms with Gasteiger partial charge in [0.25, 0.3) is 5.91 Å². The average molecular weight is 575 g/mol. The first kappa shape index (κ1) is 28.5. The molecule has 3 amide bonds. The van der Waals surface area contributed by atoms with E-state index in [2.05, 4.69) is 29.8 Å². The molecule has 2 aliphatic heterocycles. The molecule has 1 unspecified atom stereocenters. The molecular weight excluding hydrogens is 533 g/mol. The van der Waals surface area contributed by atoms with Crippen molar-refractivity contribution >= 4 is 23.4 Å². The standard InChI is InChI=1S/C31H41F3N4O3/c1-28(2)14-19(15-28)16-30(10-8-20(9-11-30)35-18-29(12-13-29)31(32,33)34)37-23-5-3-4-21-22(23)17-38(27(21)41)24-6-7-25(39)36-26(24)40/h3-5,19-20,24,35,37H,6-18H2,1-2H3,(H,36,39,40). The highest BCUT2D eigenvalue weighted by Crippen LogP contribution is 2.57. The Labute approximate surface area is 239 Å². The van der Waals surface area contributed by atoms with E-state index in [4.69, 9.17) is 0 Å². The number of imide groups is 1. The summed E-state index contributed by atoms with van der Waals surface area (Å²) in [7, 11) is 0. The zero-order valence-corrected chi connectivity index (χ0v) is 24.0. The Hall–Kier alpha value is -2.62. The summed E-state index contributed by atoms with van der Waals surface area (Å²) in [6, 6.07) is 5.06. The molecule has 0 spiro atoms. The van der Waals surface area contributed by atoms with Crippen LogP contribution >= 0.6 is 0 Å². The molecule has 1 aromatic rings. The molecule has 6 rings (SSSR count). The van der Waals surface area contributed by atoms with Crippen LogP contribution in [0.5, 0.6) is 0 Å². The van der Waals surface area contributed by atoms with Gasteiger partial charge in [0.1, 0.15) is 6.04 Å². The first-order valence-corrected chi connectivity index (χ1v) is 15.1. The lowest BCUT2D eigenvalue weighted by molar-refractivity contribution is -0.186. The number of rotatable bonds is 8. The van der Waals surface area contributed by atoms with Crippen molar-refractivity contribution in [1.82, 2.24) is 15.5 Å². The van der Waals surface area contributed by atoms with E-state index < -0.39 is 23.5 Å². The molecule has 5 aliphatic rings. The van der Waals surface area contributed by atoms with Crippen molar-refractivity contribution < 1.29 is 27.6 Å². The summed E-state index contributed by atoms with van der Waals surface area (Å²) in [6.45, 7) is 4.89. The zero-order valence-electron chi connectivity index (χ0n) is 24.0. The molecule has 3 N–H and O–H groups in total. The number of anilines is 1. The number of hydrogen-bond donors (Lipinski definition) is 3. The first-order valence-electron chi connectivity index (χ1n) is 15.1. The Balaban J connectivity index is 1.17. The molecule has 7 nitrogen and oxygen atoms in total. The fourth-order valence-electron chi connectivity index (χ4n) is 7.99. The van der Waals surface area contributed by atoms with E-state index >= 15 is 0 Å². The molecule has 4 fully saturated rings. The van der Waals surface area contributed by atoms with Crippen LogP contribution in [-0.4, -0.2) is 53.0 Å². The molecule has 0 radical (unpaired) electrons. The minimum Gasteiger partial charge on any atom is -0.379 e. The van der Waals surface area contributed by atoms with E-state index in [1.165, 1.54) is 0 Å². The van der Waals surface area contributed by atoms with Gasteiger partial charge in [-0.05, 0) is 87.7 Å². The van der Waals surface area contributed by atoms with Crippen LogP contribution in [0.15, 0.2) is 18.2 Å². The molecule has 1 saturated heterocycles. The minimum atomic E-state index is -4.15. The van der Waals surface area contributed by atoms with Gasteiger partial charge in [-0.1, -0.05) is 19.9 Å². The van der Waals surface area contributed by atoms with Crippen LogP contribution in [0.1, 0.15) is 100 Å². The number of benzene rings is 1. The van der Waals surface area contributed by atoms with Crippen LogP contribution in [0.2, 0.25) is 0 Å². The number of fused-ring (bicyclic) bond motifs is 1. The maximum atomic E-state index is 13.5. The molecule has 41 heavy (non-hydrogen) atoms. The summed E-state index contributed by atoms with van der Waals surface area (Å²) in [5, 5.41) is 9.50. The van der Waals surface area contributed by atoms with E-state index in [0.717, 1.165) is 56.2 Å². The lowest BCUT2D eigenvalue weighted by atomic mass is 9.59. The van der Waals surface area contributed by atoms with E-state index in [1.807, 2.05) is 12.1 Å². The van der Waals surface area contributed by atoms with Gasteiger partial charge in [0.05, 0.1) is 5.41 Å². The molecule has 224 valence electrons. The van der Waals surface area contributed by atoms with Crippen molar-refractivity contribution in [2.24, 2.45) is 16.7 Å². The third kappa shape index (κ3) is 5.48. The van der Waals surface area contributed by atoms with Crippen LogP contribution in [0.25, 0.3) is 0 Å². The highest BCUT2D eigenvalue weighted by Gasteiger charge is 2.63. The molecule has 2 heterocycles. The second-order valence-corrected chi connectivity index (χ2v) is 14.2. The normalized spacial score (nSPS) is 31.0. The van der Waals surface area contributed by atoms with Gasteiger partial charge in [-0.25, -0.2) is 0 Å². The number of nitrogens with zero attached hydrogens (tertiary/aromatic N) is 1. The van der Waals surface area contributed by atoms with E-state index in [0.29, 0.717) is 29.9 Å². The SMILES string of the molecule is CC1(C)CC(CC2(Nc3cccc4c3CN(C3CCC(=O)NC3=O)C4=O)CCC(NCC3(C(F)(F)F)CC3)CC2)C1. The van der Waals surface area contributed by atoms with Gasteiger partial charge < -0.3 is 15.5 Å². The van der Waals surface area contributed by atoms with Crippen molar-refractivity contribution in [3.63, 3.8) is 0 Å². The summed E-state index contributed by atoms with van der Waals surface area (Å²) in [5.41, 5.74) is 0.936. The highest BCUT2D eigenvalue weighted by atomic mass is 19.4.